The van der Waals surface area contributed by atoms with Gasteiger partial charge < -0.3 is 15.2 Å². The fraction of sp³-hybridized carbons (Fsp3) is 1.00. The van der Waals surface area contributed by atoms with Crippen LogP contribution in [-0.2, 0) is 9.47 Å². The monoisotopic (exact) mass is 199 g/mol. The van der Waals surface area contributed by atoms with E-state index < -0.39 is 0 Å². The molecular weight excluding hydrogens is 178 g/mol. The lowest BCUT2D eigenvalue weighted by Crippen LogP contribution is -2.43. The maximum absolute atomic E-state index is 5.98. The smallest absolute Gasteiger partial charge is 0.0809 e. The van der Waals surface area contributed by atoms with Gasteiger partial charge in [0.2, 0.25) is 0 Å². The van der Waals surface area contributed by atoms with E-state index in [1.165, 1.54) is 32.1 Å². The van der Waals surface area contributed by atoms with Crippen molar-refractivity contribution in [3.63, 3.8) is 0 Å². The van der Waals surface area contributed by atoms with E-state index in [0.29, 0.717) is 6.10 Å². The maximum atomic E-state index is 5.98. The summed E-state index contributed by atoms with van der Waals surface area (Å²) in [5, 5.41) is 0. The first-order chi connectivity index (χ1) is 6.85. The summed E-state index contributed by atoms with van der Waals surface area (Å²) in [5.74, 6) is 0. The highest BCUT2D eigenvalue weighted by Gasteiger charge is 2.37. The van der Waals surface area contributed by atoms with Gasteiger partial charge in [0.05, 0.1) is 18.3 Å². The Morgan fingerprint density at radius 2 is 2.21 bits per heavy atom. The Bertz CT molecular complexity index is 174. The zero-order valence-corrected chi connectivity index (χ0v) is 8.84. The highest BCUT2D eigenvalue weighted by molar-refractivity contribution is 4.90. The SMILES string of the molecule is NCCC1(OCC2CCCO2)CCC1. The zero-order chi connectivity index (χ0) is 9.86. The first kappa shape index (κ1) is 10.4. The van der Waals surface area contributed by atoms with E-state index >= 15 is 0 Å². The Balaban J connectivity index is 1.71. The second-order valence-electron chi connectivity index (χ2n) is 4.52. The van der Waals surface area contributed by atoms with Crippen molar-refractivity contribution in [1.82, 2.24) is 0 Å². The second-order valence-corrected chi connectivity index (χ2v) is 4.52. The fourth-order valence-corrected chi connectivity index (χ4v) is 2.35. The maximum Gasteiger partial charge on any atom is 0.0809 e. The zero-order valence-electron chi connectivity index (χ0n) is 8.84. The molecule has 0 spiro atoms. The van der Waals surface area contributed by atoms with Crippen molar-refractivity contribution in [3.05, 3.63) is 0 Å². The van der Waals surface area contributed by atoms with Crippen LogP contribution in [0.2, 0.25) is 0 Å². The van der Waals surface area contributed by atoms with Crippen LogP contribution in [0.15, 0.2) is 0 Å². The molecule has 14 heavy (non-hydrogen) atoms. The van der Waals surface area contributed by atoms with Crippen molar-refractivity contribution in [2.75, 3.05) is 19.8 Å². The molecule has 1 atom stereocenters. The molecule has 1 saturated carbocycles. The highest BCUT2D eigenvalue weighted by Crippen LogP contribution is 2.38. The molecule has 1 unspecified atom stereocenters. The molecule has 1 saturated heterocycles. The van der Waals surface area contributed by atoms with Crippen LogP contribution < -0.4 is 5.73 Å². The average molecular weight is 199 g/mol. The molecule has 1 aliphatic heterocycles. The van der Waals surface area contributed by atoms with Gasteiger partial charge in [0.25, 0.3) is 0 Å². The van der Waals surface area contributed by atoms with E-state index in [1.807, 2.05) is 0 Å². The van der Waals surface area contributed by atoms with Crippen molar-refractivity contribution < 1.29 is 9.47 Å². The third kappa shape index (κ3) is 2.27. The standard InChI is InChI=1S/C11H21NO2/c12-7-6-11(4-2-5-11)14-9-10-3-1-8-13-10/h10H,1-9,12H2. The lowest BCUT2D eigenvalue weighted by molar-refractivity contribution is -0.128. The predicted molar refractivity (Wildman–Crippen MR) is 55.2 cm³/mol. The van der Waals surface area contributed by atoms with Gasteiger partial charge in [-0.15, -0.1) is 0 Å². The van der Waals surface area contributed by atoms with Crippen molar-refractivity contribution in [2.24, 2.45) is 5.73 Å². The Morgan fingerprint density at radius 3 is 2.71 bits per heavy atom. The number of nitrogens with two attached hydrogens (primary N) is 1. The van der Waals surface area contributed by atoms with Crippen LogP contribution in [-0.4, -0.2) is 31.5 Å². The minimum Gasteiger partial charge on any atom is -0.376 e. The van der Waals surface area contributed by atoms with E-state index in [9.17, 15) is 0 Å². The molecule has 1 aliphatic carbocycles. The van der Waals surface area contributed by atoms with E-state index in [0.717, 1.165) is 26.2 Å². The van der Waals surface area contributed by atoms with E-state index in [-0.39, 0.29) is 5.60 Å². The summed E-state index contributed by atoms with van der Waals surface area (Å²) in [7, 11) is 0. The summed E-state index contributed by atoms with van der Waals surface area (Å²) in [4.78, 5) is 0. The second kappa shape index (κ2) is 4.60. The van der Waals surface area contributed by atoms with Crippen LogP contribution in [0, 0.1) is 0 Å². The molecule has 2 rings (SSSR count). The van der Waals surface area contributed by atoms with E-state index in [1.54, 1.807) is 0 Å². The van der Waals surface area contributed by atoms with Crippen LogP contribution in [0.1, 0.15) is 38.5 Å². The van der Waals surface area contributed by atoms with Crippen LogP contribution >= 0.6 is 0 Å². The van der Waals surface area contributed by atoms with Gasteiger partial charge >= 0.3 is 0 Å². The highest BCUT2D eigenvalue weighted by atomic mass is 16.5. The van der Waals surface area contributed by atoms with Gasteiger partial charge in [-0.05, 0) is 45.1 Å². The van der Waals surface area contributed by atoms with Gasteiger partial charge in [0.1, 0.15) is 0 Å². The molecule has 0 aromatic rings. The summed E-state index contributed by atoms with van der Waals surface area (Å²) in [6, 6.07) is 0. The minimum atomic E-state index is 0.126. The van der Waals surface area contributed by atoms with Gasteiger partial charge in [-0.1, -0.05) is 0 Å². The molecule has 2 N–H and O–H groups in total. The quantitative estimate of drug-likeness (QED) is 0.729. The first-order valence-corrected chi connectivity index (χ1v) is 5.80. The summed E-state index contributed by atoms with van der Waals surface area (Å²) < 4.78 is 11.5. The van der Waals surface area contributed by atoms with E-state index in [4.69, 9.17) is 15.2 Å². The summed E-state index contributed by atoms with van der Waals surface area (Å²) >= 11 is 0. The van der Waals surface area contributed by atoms with E-state index in [2.05, 4.69) is 0 Å². The molecular formula is C11H21NO2. The number of ether oxygens (including phenoxy) is 2. The third-order valence-corrected chi connectivity index (χ3v) is 3.46. The number of hydrogen-bond acceptors (Lipinski definition) is 3. The molecule has 82 valence electrons. The van der Waals surface area contributed by atoms with Crippen LogP contribution in [0.3, 0.4) is 0 Å². The van der Waals surface area contributed by atoms with Crippen molar-refractivity contribution >= 4 is 0 Å². The van der Waals surface area contributed by atoms with Gasteiger partial charge in [-0.2, -0.15) is 0 Å². The third-order valence-electron chi connectivity index (χ3n) is 3.46. The molecule has 3 heteroatoms. The van der Waals surface area contributed by atoms with Crippen LogP contribution in [0.5, 0.6) is 0 Å². The molecule has 2 fully saturated rings. The molecule has 2 aliphatic rings. The van der Waals surface area contributed by atoms with Crippen LogP contribution in [0.4, 0.5) is 0 Å². The average Bonchev–Trinajstić information content (AvgIpc) is 2.62. The van der Waals surface area contributed by atoms with Crippen molar-refractivity contribution in [2.45, 2.75) is 50.2 Å². The van der Waals surface area contributed by atoms with Crippen LogP contribution in [0.25, 0.3) is 0 Å². The first-order valence-electron chi connectivity index (χ1n) is 5.80. The number of rotatable bonds is 5. The minimum absolute atomic E-state index is 0.126. The molecule has 0 aromatic carbocycles. The topological polar surface area (TPSA) is 44.5 Å². The van der Waals surface area contributed by atoms with Gasteiger partial charge in [-0.25, -0.2) is 0 Å². The fourth-order valence-electron chi connectivity index (χ4n) is 2.35. The summed E-state index contributed by atoms with van der Waals surface area (Å²) in [6.45, 7) is 2.43. The summed E-state index contributed by atoms with van der Waals surface area (Å²) in [6.07, 6.45) is 7.40. The normalized spacial score (nSPS) is 30.2. The van der Waals surface area contributed by atoms with Crippen molar-refractivity contribution in [1.29, 1.82) is 0 Å². The Morgan fingerprint density at radius 1 is 1.36 bits per heavy atom. The molecule has 0 aromatic heterocycles. The predicted octanol–water partition coefficient (Wildman–Crippen LogP) is 1.45. The summed E-state index contributed by atoms with van der Waals surface area (Å²) in [5.41, 5.74) is 5.72. The molecule has 1 heterocycles. The Kier molecular flexibility index (Phi) is 3.42. The molecule has 0 bridgehead atoms. The lowest BCUT2D eigenvalue weighted by atomic mass is 9.77. The Hall–Kier alpha value is -0.120. The van der Waals surface area contributed by atoms with Gasteiger partial charge in [0.15, 0.2) is 0 Å². The largest absolute Gasteiger partial charge is 0.376 e. The Labute approximate surface area is 85.9 Å². The molecule has 0 radical (unpaired) electrons. The van der Waals surface area contributed by atoms with Gasteiger partial charge in [-0.3, -0.25) is 0 Å². The lowest BCUT2D eigenvalue weighted by Gasteiger charge is -2.42. The number of hydrogen-bond donors (Lipinski definition) is 1. The molecule has 3 nitrogen and oxygen atoms in total. The van der Waals surface area contributed by atoms with Gasteiger partial charge in [0, 0.05) is 6.61 Å². The van der Waals surface area contributed by atoms with Crippen molar-refractivity contribution in [3.8, 4) is 0 Å². The molecule has 0 amide bonds.